The zero-order valence-electron chi connectivity index (χ0n) is 15.8. The van der Waals surface area contributed by atoms with Crippen LogP contribution in [0.25, 0.3) is 11.5 Å². The van der Waals surface area contributed by atoms with Gasteiger partial charge in [-0.05, 0) is 44.0 Å². The number of carbonyl (C=O) groups excluding carboxylic acids is 2. The number of anilines is 1. The summed E-state index contributed by atoms with van der Waals surface area (Å²) >= 11 is 1.42. The lowest BCUT2D eigenvalue weighted by Gasteiger charge is -2.08. The molecule has 0 spiro atoms. The molecule has 28 heavy (non-hydrogen) atoms. The summed E-state index contributed by atoms with van der Waals surface area (Å²) < 4.78 is 5.70. The normalized spacial score (nSPS) is 10.6. The predicted octanol–water partition coefficient (Wildman–Crippen LogP) is 4.76. The first-order valence-corrected chi connectivity index (χ1v) is 9.95. The molecule has 0 saturated heterocycles. The average molecular weight is 395 g/mol. The van der Waals surface area contributed by atoms with E-state index < -0.39 is 0 Å². The molecule has 0 aliphatic carbocycles. The highest BCUT2D eigenvalue weighted by Crippen LogP contribution is 2.26. The first kappa shape index (κ1) is 19.8. The van der Waals surface area contributed by atoms with Crippen LogP contribution in [0.15, 0.2) is 58.2 Å². The standard InChI is InChI=1S/C21H21N3O3S/c1-14-8-3-4-9-16(14)20-23-24-21(27-20)28-13-7-12-19(26)22-18-11-6-5-10-17(18)15(2)25/h3-6,8-11H,7,12-13H2,1-2H3,(H,22,26). The summed E-state index contributed by atoms with van der Waals surface area (Å²) in [6.07, 6.45) is 0.999. The Morgan fingerprint density at radius 1 is 1.07 bits per heavy atom. The third-order valence-electron chi connectivity index (χ3n) is 4.14. The zero-order valence-corrected chi connectivity index (χ0v) is 16.6. The van der Waals surface area contributed by atoms with E-state index in [1.54, 1.807) is 24.3 Å². The highest BCUT2D eigenvalue weighted by atomic mass is 32.2. The van der Waals surface area contributed by atoms with Crippen LogP contribution in [0.1, 0.15) is 35.7 Å². The van der Waals surface area contributed by atoms with Gasteiger partial charge in [0.25, 0.3) is 5.22 Å². The van der Waals surface area contributed by atoms with Crippen molar-refractivity contribution in [3.63, 3.8) is 0 Å². The number of amides is 1. The Morgan fingerprint density at radius 2 is 1.82 bits per heavy atom. The summed E-state index contributed by atoms with van der Waals surface area (Å²) in [6.45, 7) is 3.48. The van der Waals surface area contributed by atoms with E-state index in [0.717, 1.165) is 11.1 Å². The zero-order chi connectivity index (χ0) is 19.9. The molecule has 2 aromatic carbocycles. The average Bonchev–Trinajstić information content (AvgIpc) is 3.14. The smallest absolute Gasteiger partial charge is 0.276 e. The van der Waals surface area contributed by atoms with Crippen molar-refractivity contribution in [3.8, 4) is 11.5 Å². The summed E-state index contributed by atoms with van der Waals surface area (Å²) in [5.74, 6) is 0.976. The molecular formula is C21H21N3O3S. The quantitative estimate of drug-likeness (QED) is 0.336. The molecule has 0 bridgehead atoms. The Morgan fingerprint density at radius 3 is 2.61 bits per heavy atom. The fourth-order valence-corrected chi connectivity index (χ4v) is 3.39. The maximum Gasteiger partial charge on any atom is 0.276 e. The lowest BCUT2D eigenvalue weighted by Crippen LogP contribution is -2.13. The van der Waals surface area contributed by atoms with E-state index in [1.807, 2.05) is 31.2 Å². The summed E-state index contributed by atoms with van der Waals surface area (Å²) in [4.78, 5) is 23.8. The van der Waals surface area contributed by atoms with Gasteiger partial charge in [-0.15, -0.1) is 10.2 Å². The molecule has 0 fully saturated rings. The number of hydrogen-bond acceptors (Lipinski definition) is 6. The molecule has 0 aliphatic rings. The van der Waals surface area contributed by atoms with Gasteiger partial charge in [-0.1, -0.05) is 42.1 Å². The maximum absolute atomic E-state index is 12.1. The van der Waals surface area contributed by atoms with E-state index in [2.05, 4.69) is 15.5 Å². The number of aromatic nitrogens is 2. The second-order valence-electron chi connectivity index (χ2n) is 6.29. The molecular weight excluding hydrogens is 374 g/mol. The van der Waals surface area contributed by atoms with Crippen molar-refractivity contribution in [1.29, 1.82) is 0 Å². The van der Waals surface area contributed by atoms with Gasteiger partial charge in [0.05, 0.1) is 5.69 Å². The molecule has 1 heterocycles. The van der Waals surface area contributed by atoms with Crippen LogP contribution >= 0.6 is 11.8 Å². The molecule has 0 unspecified atom stereocenters. The third-order valence-corrected chi connectivity index (χ3v) is 5.04. The summed E-state index contributed by atoms with van der Waals surface area (Å²) in [6, 6.07) is 14.8. The number of para-hydroxylation sites is 1. The largest absolute Gasteiger partial charge is 0.411 e. The molecule has 0 radical (unpaired) electrons. The Bertz CT molecular complexity index is 984. The topological polar surface area (TPSA) is 85.1 Å². The minimum absolute atomic E-state index is 0.0766. The van der Waals surface area contributed by atoms with Crippen molar-refractivity contribution in [3.05, 3.63) is 59.7 Å². The number of ketones is 1. The summed E-state index contributed by atoms with van der Waals surface area (Å²) in [7, 11) is 0. The number of Topliss-reactive ketones (excluding diaryl/α,β-unsaturated/α-hetero) is 1. The SMILES string of the molecule is CC(=O)c1ccccc1NC(=O)CCCSc1nnc(-c2ccccc2C)o1. The van der Waals surface area contributed by atoms with Gasteiger partial charge in [-0.2, -0.15) is 0 Å². The van der Waals surface area contributed by atoms with Gasteiger partial charge in [0.2, 0.25) is 11.8 Å². The molecule has 1 amide bonds. The Balaban J connectivity index is 1.47. The van der Waals surface area contributed by atoms with Crippen molar-refractivity contribution in [1.82, 2.24) is 10.2 Å². The minimum Gasteiger partial charge on any atom is -0.411 e. The van der Waals surface area contributed by atoms with E-state index in [1.165, 1.54) is 18.7 Å². The van der Waals surface area contributed by atoms with E-state index in [9.17, 15) is 9.59 Å². The van der Waals surface area contributed by atoms with Crippen LogP contribution in [0.5, 0.6) is 0 Å². The van der Waals surface area contributed by atoms with Crippen molar-refractivity contribution in [2.24, 2.45) is 0 Å². The number of hydrogen-bond donors (Lipinski definition) is 1. The molecule has 6 nitrogen and oxygen atoms in total. The van der Waals surface area contributed by atoms with E-state index in [0.29, 0.717) is 41.0 Å². The number of carbonyl (C=O) groups is 2. The highest BCUT2D eigenvalue weighted by molar-refractivity contribution is 7.99. The molecule has 3 aromatic rings. The molecule has 0 aliphatic heterocycles. The molecule has 144 valence electrons. The fourth-order valence-electron chi connectivity index (χ4n) is 2.69. The van der Waals surface area contributed by atoms with Gasteiger partial charge in [0, 0.05) is 23.3 Å². The van der Waals surface area contributed by atoms with Crippen LogP contribution in [0.2, 0.25) is 0 Å². The predicted molar refractivity (Wildman–Crippen MR) is 110 cm³/mol. The van der Waals surface area contributed by atoms with Crippen LogP contribution in [0.3, 0.4) is 0 Å². The summed E-state index contributed by atoms with van der Waals surface area (Å²) in [5.41, 5.74) is 3.06. The number of nitrogens with one attached hydrogen (secondary N) is 1. The first-order valence-electron chi connectivity index (χ1n) is 8.96. The second kappa shape index (κ2) is 9.32. The van der Waals surface area contributed by atoms with Crippen LogP contribution < -0.4 is 5.32 Å². The van der Waals surface area contributed by atoms with Crippen LogP contribution in [-0.2, 0) is 4.79 Å². The van der Waals surface area contributed by atoms with E-state index in [-0.39, 0.29) is 11.7 Å². The second-order valence-corrected chi connectivity index (χ2v) is 7.34. The number of rotatable bonds is 8. The first-order chi connectivity index (χ1) is 13.5. The molecule has 3 rings (SSSR count). The van der Waals surface area contributed by atoms with Gasteiger partial charge >= 0.3 is 0 Å². The van der Waals surface area contributed by atoms with Crippen molar-refractivity contribution in [2.75, 3.05) is 11.1 Å². The Hall–Kier alpha value is -2.93. The fraction of sp³-hybridized carbons (Fsp3) is 0.238. The lowest BCUT2D eigenvalue weighted by atomic mass is 10.1. The van der Waals surface area contributed by atoms with Gasteiger partial charge in [0.15, 0.2) is 5.78 Å². The van der Waals surface area contributed by atoms with Gasteiger partial charge in [-0.3, -0.25) is 9.59 Å². The van der Waals surface area contributed by atoms with Crippen LogP contribution in [-0.4, -0.2) is 27.6 Å². The maximum atomic E-state index is 12.1. The molecule has 0 saturated carbocycles. The van der Waals surface area contributed by atoms with Crippen LogP contribution in [0.4, 0.5) is 5.69 Å². The minimum atomic E-state index is -0.125. The monoisotopic (exact) mass is 395 g/mol. The van der Waals surface area contributed by atoms with Crippen molar-refractivity contribution < 1.29 is 14.0 Å². The van der Waals surface area contributed by atoms with Crippen molar-refractivity contribution >= 4 is 29.1 Å². The van der Waals surface area contributed by atoms with E-state index >= 15 is 0 Å². The molecule has 0 atom stereocenters. The van der Waals surface area contributed by atoms with Gasteiger partial charge in [0.1, 0.15) is 0 Å². The summed E-state index contributed by atoms with van der Waals surface area (Å²) in [5, 5.41) is 11.4. The lowest BCUT2D eigenvalue weighted by molar-refractivity contribution is -0.116. The number of aryl methyl sites for hydroxylation is 1. The number of thioether (sulfide) groups is 1. The van der Waals surface area contributed by atoms with E-state index in [4.69, 9.17) is 4.42 Å². The highest BCUT2D eigenvalue weighted by Gasteiger charge is 2.12. The Kier molecular flexibility index (Phi) is 6.60. The Labute approximate surface area is 167 Å². The van der Waals surface area contributed by atoms with Crippen molar-refractivity contribution in [2.45, 2.75) is 31.9 Å². The molecule has 1 aromatic heterocycles. The van der Waals surface area contributed by atoms with Gasteiger partial charge in [-0.25, -0.2) is 0 Å². The molecule has 1 N–H and O–H groups in total. The molecule has 7 heteroatoms. The number of nitrogens with zero attached hydrogens (tertiary/aromatic N) is 2. The van der Waals surface area contributed by atoms with Crippen LogP contribution in [0, 0.1) is 6.92 Å². The van der Waals surface area contributed by atoms with Gasteiger partial charge < -0.3 is 9.73 Å². The third kappa shape index (κ3) is 5.07. The number of benzene rings is 2.